The fourth-order valence-electron chi connectivity index (χ4n) is 1.55. The number of aromatic nitrogens is 2. The largest absolute Gasteiger partial charge is 0.396 e. The van der Waals surface area contributed by atoms with E-state index in [-0.39, 0.29) is 12.5 Å². The molecule has 0 unspecified atom stereocenters. The van der Waals surface area contributed by atoms with E-state index in [0.29, 0.717) is 11.4 Å². The standard InChI is InChI=1S/C10H18N4O2/c1-10(2,16)6-13(3)9(15)8-7(11)5-12-14(8)4/h5,16H,6,11H2,1-4H3. The summed E-state index contributed by atoms with van der Waals surface area (Å²) in [6, 6.07) is 0. The van der Waals surface area contributed by atoms with Crippen molar-refractivity contribution in [2.75, 3.05) is 19.3 Å². The lowest BCUT2D eigenvalue weighted by Gasteiger charge is -2.25. The molecule has 0 atom stereocenters. The quantitative estimate of drug-likeness (QED) is 0.750. The Morgan fingerprint density at radius 3 is 2.62 bits per heavy atom. The van der Waals surface area contributed by atoms with Gasteiger partial charge in [0.2, 0.25) is 0 Å². The zero-order valence-corrected chi connectivity index (χ0v) is 10.1. The van der Waals surface area contributed by atoms with Crippen LogP contribution in [0.3, 0.4) is 0 Å². The highest BCUT2D eigenvalue weighted by atomic mass is 16.3. The van der Waals surface area contributed by atoms with E-state index in [1.807, 2.05) is 0 Å². The van der Waals surface area contributed by atoms with Gasteiger partial charge in [-0.1, -0.05) is 0 Å². The van der Waals surface area contributed by atoms with Gasteiger partial charge < -0.3 is 15.7 Å². The Kier molecular flexibility index (Phi) is 3.23. The molecule has 0 aliphatic carbocycles. The fraction of sp³-hybridized carbons (Fsp3) is 0.600. The number of nitrogen functional groups attached to an aromatic ring is 1. The molecule has 1 rings (SSSR count). The number of aliphatic hydroxyl groups is 1. The summed E-state index contributed by atoms with van der Waals surface area (Å²) in [5.74, 6) is -0.250. The molecule has 6 nitrogen and oxygen atoms in total. The number of nitrogens with two attached hydrogens (primary N) is 1. The van der Waals surface area contributed by atoms with Crippen molar-refractivity contribution in [1.29, 1.82) is 0 Å². The Balaban J connectivity index is 2.87. The maximum absolute atomic E-state index is 12.0. The third-order valence-electron chi connectivity index (χ3n) is 2.14. The van der Waals surface area contributed by atoms with Gasteiger partial charge in [0.15, 0.2) is 0 Å². The van der Waals surface area contributed by atoms with Gasteiger partial charge in [0, 0.05) is 20.6 Å². The number of rotatable bonds is 3. The minimum atomic E-state index is -0.933. The van der Waals surface area contributed by atoms with Crippen molar-refractivity contribution in [1.82, 2.24) is 14.7 Å². The lowest BCUT2D eigenvalue weighted by Crippen LogP contribution is -2.40. The average molecular weight is 226 g/mol. The van der Waals surface area contributed by atoms with Crippen molar-refractivity contribution < 1.29 is 9.90 Å². The predicted molar refractivity (Wildman–Crippen MR) is 60.9 cm³/mol. The molecular weight excluding hydrogens is 208 g/mol. The first-order chi connectivity index (χ1) is 7.22. The molecule has 0 aliphatic heterocycles. The summed E-state index contributed by atoms with van der Waals surface area (Å²) in [7, 11) is 3.27. The van der Waals surface area contributed by atoms with E-state index in [1.165, 1.54) is 15.8 Å². The maximum atomic E-state index is 12.0. The van der Waals surface area contributed by atoms with Crippen molar-refractivity contribution in [2.45, 2.75) is 19.4 Å². The Morgan fingerprint density at radius 2 is 2.25 bits per heavy atom. The van der Waals surface area contributed by atoms with Crippen LogP contribution in [0.5, 0.6) is 0 Å². The van der Waals surface area contributed by atoms with E-state index in [0.717, 1.165) is 0 Å². The first-order valence-corrected chi connectivity index (χ1v) is 4.97. The van der Waals surface area contributed by atoms with Crippen molar-refractivity contribution >= 4 is 11.6 Å². The van der Waals surface area contributed by atoms with Gasteiger partial charge in [0.05, 0.1) is 17.5 Å². The maximum Gasteiger partial charge on any atom is 0.274 e. The highest BCUT2D eigenvalue weighted by molar-refractivity contribution is 5.97. The van der Waals surface area contributed by atoms with Crippen LogP contribution in [0.1, 0.15) is 24.3 Å². The van der Waals surface area contributed by atoms with Crippen LogP contribution in [0.25, 0.3) is 0 Å². The summed E-state index contributed by atoms with van der Waals surface area (Å²) in [6.07, 6.45) is 1.44. The topological polar surface area (TPSA) is 84.4 Å². The van der Waals surface area contributed by atoms with Crippen LogP contribution in [0.2, 0.25) is 0 Å². The minimum Gasteiger partial charge on any atom is -0.396 e. The zero-order chi connectivity index (χ0) is 12.5. The Labute approximate surface area is 94.6 Å². The van der Waals surface area contributed by atoms with Crippen LogP contribution in [0, 0.1) is 0 Å². The van der Waals surface area contributed by atoms with Gasteiger partial charge in [-0.3, -0.25) is 9.48 Å². The fourth-order valence-corrected chi connectivity index (χ4v) is 1.55. The van der Waals surface area contributed by atoms with Gasteiger partial charge in [-0.15, -0.1) is 0 Å². The first kappa shape index (κ1) is 12.5. The Morgan fingerprint density at radius 1 is 1.69 bits per heavy atom. The zero-order valence-electron chi connectivity index (χ0n) is 10.1. The molecule has 0 aromatic carbocycles. The molecule has 0 aliphatic rings. The van der Waals surface area contributed by atoms with Crippen LogP contribution in [0.15, 0.2) is 6.20 Å². The molecule has 90 valence electrons. The molecule has 1 amide bonds. The van der Waals surface area contributed by atoms with E-state index in [2.05, 4.69) is 5.10 Å². The molecule has 16 heavy (non-hydrogen) atoms. The molecular formula is C10H18N4O2. The number of likely N-dealkylation sites (N-methyl/N-ethyl adjacent to an activating group) is 1. The van der Waals surface area contributed by atoms with Crippen LogP contribution >= 0.6 is 0 Å². The van der Waals surface area contributed by atoms with E-state index in [4.69, 9.17) is 5.73 Å². The van der Waals surface area contributed by atoms with Crippen molar-refractivity contribution in [3.05, 3.63) is 11.9 Å². The van der Waals surface area contributed by atoms with Crippen molar-refractivity contribution in [3.8, 4) is 0 Å². The average Bonchev–Trinajstić information content (AvgIpc) is 2.42. The number of carbonyl (C=O) groups excluding carboxylic acids is 1. The van der Waals surface area contributed by atoms with Gasteiger partial charge in [-0.25, -0.2) is 0 Å². The Bertz CT molecular complexity index is 373. The number of nitrogens with zero attached hydrogens (tertiary/aromatic N) is 3. The Hall–Kier alpha value is -1.56. The third-order valence-corrected chi connectivity index (χ3v) is 2.14. The highest BCUT2D eigenvalue weighted by Gasteiger charge is 2.23. The molecule has 0 saturated carbocycles. The molecule has 0 radical (unpaired) electrons. The van der Waals surface area contributed by atoms with Crippen molar-refractivity contribution in [3.63, 3.8) is 0 Å². The molecule has 6 heteroatoms. The summed E-state index contributed by atoms with van der Waals surface area (Å²) in [4.78, 5) is 13.4. The van der Waals surface area contributed by atoms with Crippen LogP contribution in [-0.2, 0) is 7.05 Å². The molecule has 1 aromatic rings. The lowest BCUT2D eigenvalue weighted by atomic mass is 10.1. The molecule has 1 aromatic heterocycles. The summed E-state index contributed by atoms with van der Waals surface area (Å²) < 4.78 is 1.43. The van der Waals surface area contributed by atoms with E-state index >= 15 is 0 Å². The van der Waals surface area contributed by atoms with E-state index in [1.54, 1.807) is 27.9 Å². The molecule has 0 bridgehead atoms. The van der Waals surface area contributed by atoms with Crippen LogP contribution in [-0.4, -0.2) is 44.9 Å². The summed E-state index contributed by atoms with van der Waals surface area (Å²) in [6.45, 7) is 3.52. The highest BCUT2D eigenvalue weighted by Crippen LogP contribution is 2.13. The molecule has 3 N–H and O–H groups in total. The number of aryl methyl sites for hydroxylation is 1. The summed E-state index contributed by atoms with van der Waals surface area (Å²) in [5.41, 5.74) is 5.40. The predicted octanol–water partition coefficient (Wildman–Crippen LogP) is -0.155. The molecule has 1 heterocycles. The van der Waals surface area contributed by atoms with Gasteiger partial charge >= 0.3 is 0 Å². The smallest absolute Gasteiger partial charge is 0.274 e. The van der Waals surface area contributed by atoms with Crippen LogP contribution < -0.4 is 5.73 Å². The van der Waals surface area contributed by atoms with Gasteiger partial charge in [-0.2, -0.15) is 5.10 Å². The van der Waals surface area contributed by atoms with Gasteiger partial charge in [0.1, 0.15) is 5.69 Å². The van der Waals surface area contributed by atoms with Gasteiger partial charge in [0.25, 0.3) is 5.91 Å². The van der Waals surface area contributed by atoms with E-state index in [9.17, 15) is 9.90 Å². The second-order valence-electron chi connectivity index (χ2n) is 4.55. The summed E-state index contributed by atoms with van der Waals surface area (Å²) in [5, 5.41) is 13.5. The molecule has 0 spiro atoms. The SMILES string of the molecule is CN(CC(C)(C)O)C(=O)c1c(N)cnn1C. The van der Waals surface area contributed by atoms with E-state index < -0.39 is 5.60 Å². The number of anilines is 1. The lowest BCUT2D eigenvalue weighted by molar-refractivity contribution is 0.0362. The van der Waals surface area contributed by atoms with Gasteiger partial charge in [-0.05, 0) is 13.8 Å². The number of hydrogen-bond acceptors (Lipinski definition) is 4. The molecule has 0 fully saturated rings. The number of carbonyl (C=O) groups is 1. The normalized spacial score (nSPS) is 11.6. The monoisotopic (exact) mass is 226 g/mol. The summed E-state index contributed by atoms with van der Waals surface area (Å²) >= 11 is 0. The third kappa shape index (κ3) is 2.73. The second-order valence-corrected chi connectivity index (χ2v) is 4.55. The molecule has 0 saturated heterocycles. The van der Waals surface area contributed by atoms with Crippen molar-refractivity contribution in [2.24, 2.45) is 7.05 Å². The minimum absolute atomic E-state index is 0.233. The number of hydrogen-bond donors (Lipinski definition) is 2. The van der Waals surface area contributed by atoms with Crippen LogP contribution in [0.4, 0.5) is 5.69 Å². The second kappa shape index (κ2) is 4.13. The number of amides is 1. The first-order valence-electron chi connectivity index (χ1n) is 4.97.